The molecule has 0 amide bonds. The second-order valence-corrected chi connectivity index (χ2v) is 3.55. The van der Waals surface area contributed by atoms with Crippen LogP contribution in [-0.2, 0) is 5.92 Å². The summed E-state index contributed by atoms with van der Waals surface area (Å²) in [6.07, 6.45) is 0.816. The average Bonchev–Trinajstić information content (AvgIpc) is 2.13. The van der Waals surface area contributed by atoms with Crippen LogP contribution in [0.5, 0.6) is 11.5 Å². The zero-order valence-corrected chi connectivity index (χ0v) is 8.50. The molecule has 0 aliphatic carbocycles. The van der Waals surface area contributed by atoms with Crippen molar-refractivity contribution in [3.63, 3.8) is 0 Å². The zero-order chi connectivity index (χ0) is 11.5. The maximum absolute atomic E-state index is 13.5. The molecule has 0 aliphatic rings. The minimum atomic E-state index is -2.99. The lowest BCUT2D eigenvalue weighted by atomic mass is 10.0. The van der Waals surface area contributed by atoms with E-state index in [1.807, 2.05) is 6.92 Å². The molecule has 0 atom stereocenters. The fraction of sp³-hybridized carbons (Fsp3) is 0.455. The summed E-state index contributed by atoms with van der Waals surface area (Å²) in [6.45, 7) is 1.83. The third-order valence-corrected chi connectivity index (χ3v) is 2.17. The molecule has 0 aliphatic heterocycles. The molecular formula is C11H14F2O2. The molecule has 1 aromatic carbocycles. The first-order valence-electron chi connectivity index (χ1n) is 4.87. The number of phenols is 2. The summed E-state index contributed by atoms with van der Waals surface area (Å²) >= 11 is 0. The van der Waals surface area contributed by atoms with E-state index < -0.39 is 5.92 Å². The van der Waals surface area contributed by atoms with Crippen molar-refractivity contribution in [1.29, 1.82) is 0 Å². The van der Waals surface area contributed by atoms with Gasteiger partial charge in [-0.1, -0.05) is 13.3 Å². The molecule has 0 heterocycles. The Bertz CT molecular complexity index is 317. The van der Waals surface area contributed by atoms with Crippen LogP contribution in [0.4, 0.5) is 8.78 Å². The van der Waals surface area contributed by atoms with Crippen molar-refractivity contribution in [3.05, 3.63) is 23.8 Å². The summed E-state index contributed by atoms with van der Waals surface area (Å²) < 4.78 is 27.0. The van der Waals surface area contributed by atoms with Crippen molar-refractivity contribution in [2.45, 2.75) is 32.1 Å². The van der Waals surface area contributed by atoms with Crippen LogP contribution in [0.1, 0.15) is 31.7 Å². The zero-order valence-electron chi connectivity index (χ0n) is 8.50. The van der Waals surface area contributed by atoms with Crippen LogP contribution < -0.4 is 0 Å². The third kappa shape index (κ3) is 3.08. The van der Waals surface area contributed by atoms with Gasteiger partial charge in [-0.3, -0.25) is 0 Å². The summed E-state index contributed by atoms with van der Waals surface area (Å²) in [6, 6.07) is 2.99. The molecule has 1 aromatic rings. The number of rotatable bonds is 4. The Labute approximate surface area is 87.2 Å². The van der Waals surface area contributed by atoms with E-state index in [-0.39, 0.29) is 23.5 Å². The molecule has 0 fully saturated rings. The van der Waals surface area contributed by atoms with Gasteiger partial charge < -0.3 is 10.2 Å². The summed E-state index contributed by atoms with van der Waals surface area (Å²) in [4.78, 5) is 0. The molecule has 0 bridgehead atoms. The number of aromatic hydroxyl groups is 2. The van der Waals surface area contributed by atoms with Crippen LogP contribution in [0, 0.1) is 0 Å². The van der Waals surface area contributed by atoms with Gasteiger partial charge >= 0.3 is 0 Å². The van der Waals surface area contributed by atoms with Gasteiger partial charge in [0.1, 0.15) is 11.5 Å². The van der Waals surface area contributed by atoms with Gasteiger partial charge in [0.05, 0.1) is 0 Å². The van der Waals surface area contributed by atoms with E-state index >= 15 is 0 Å². The van der Waals surface area contributed by atoms with Gasteiger partial charge in [-0.05, 0) is 18.6 Å². The molecule has 0 saturated heterocycles. The lowest BCUT2D eigenvalue weighted by molar-refractivity contribution is -0.0157. The second-order valence-electron chi connectivity index (χ2n) is 3.55. The van der Waals surface area contributed by atoms with Crippen LogP contribution in [0.3, 0.4) is 0 Å². The Morgan fingerprint density at radius 1 is 1.13 bits per heavy atom. The Kier molecular flexibility index (Phi) is 3.50. The van der Waals surface area contributed by atoms with Crippen molar-refractivity contribution in [3.8, 4) is 11.5 Å². The van der Waals surface area contributed by atoms with Gasteiger partial charge in [-0.15, -0.1) is 0 Å². The number of unbranched alkanes of at least 4 members (excludes halogenated alkanes) is 1. The highest BCUT2D eigenvalue weighted by molar-refractivity contribution is 5.38. The van der Waals surface area contributed by atoms with E-state index in [4.69, 9.17) is 10.2 Å². The van der Waals surface area contributed by atoms with E-state index in [9.17, 15) is 8.78 Å². The van der Waals surface area contributed by atoms with Gasteiger partial charge in [-0.2, -0.15) is 0 Å². The largest absolute Gasteiger partial charge is 0.508 e. The monoisotopic (exact) mass is 216 g/mol. The van der Waals surface area contributed by atoms with Crippen LogP contribution >= 0.6 is 0 Å². The first-order valence-corrected chi connectivity index (χ1v) is 4.87. The number of hydrogen-bond acceptors (Lipinski definition) is 2. The molecule has 15 heavy (non-hydrogen) atoms. The molecule has 4 heteroatoms. The molecule has 1 rings (SSSR count). The topological polar surface area (TPSA) is 40.5 Å². The van der Waals surface area contributed by atoms with Gasteiger partial charge in [0, 0.05) is 18.1 Å². The molecule has 0 saturated carbocycles. The van der Waals surface area contributed by atoms with Crippen molar-refractivity contribution in [2.24, 2.45) is 0 Å². The van der Waals surface area contributed by atoms with E-state index in [0.717, 1.165) is 18.2 Å². The molecule has 0 radical (unpaired) electrons. The molecular weight excluding hydrogens is 202 g/mol. The van der Waals surface area contributed by atoms with Crippen LogP contribution in [0.2, 0.25) is 0 Å². The summed E-state index contributed by atoms with van der Waals surface area (Å²) in [5, 5.41) is 18.2. The average molecular weight is 216 g/mol. The minimum Gasteiger partial charge on any atom is -0.508 e. The number of benzene rings is 1. The Balaban J connectivity index is 2.93. The highest BCUT2D eigenvalue weighted by Crippen LogP contribution is 2.36. The van der Waals surface area contributed by atoms with Crippen LogP contribution in [-0.4, -0.2) is 10.2 Å². The fourth-order valence-corrected chi connectivity index (χ4v) is 1.35. The third-order valence-electron chi connectivity index (χ3n) is 2.17. The van der Waals surface area contributed by atoms with Crippen molar-refractivity contribution in [2.75, 3.05) is 0 Å². The van der Waals surface area contributed by atoms with Gasteiger partial charge in [-0.25, -0.2) is 8.78 Å². The summed E-state index contributed by atoms with van der Waals surface area (Å²) in [7, 11) is 0. The highest BCUT2D eigenvalue weighted by Gasteiger charge is 2.31. The van der Waals surface area contributed by atoms with Gasteiger partial charge in [0.25, 0.3) is 5.92 Å². The molecule has 2 nitrogen and oxygen atoms in total. The second kappa shape index (κ2) is 4.47. The number of phenolic OH excluding ortho intramolecular Hbond substituents is 2. The van der Waals surface area contributed by atoms with E-state index in [0.29, 0.717) is 12.8 Å². The molecule has 2 N–H and O–H groups in total. The predicted molar refractivity (Wildman–Crippen MR) is 53.2 cm³/mol. The fourth-order valence-electron chi connectivity index (χ4n) is 1.35. The predicted octanol–water partition coefficient (Wildman–Crippen LogP) is 3.38. The maximum Gasteiger partial charge on any atom is 0.273 e. The number of hydrogen-bond donors (Lipinski definition) is 2. The number of halogens is 2. The van der Waals surface area contributed by atoms with Crippen molar-refractivity contribution in [1.82, 2.24) is 0 Å². The van der Waals surface area contributed by atoms with Crippen LogP contribution in [0.25, 0.3) is 0 Å². The Morgan fingerprint density at radius 2 is 1.67 bits per heavy atom. The van der Waals surface area contributed by atoms with Crippen molar-refractivity contribution < 1.29 is 19.0 Å². The standard InChI is InChI=1S/C11H14F2O2/c1-2-3-4-11(12,13)8-5-9(14)7-10(15)6-8/h5-7,14-15H,2-4H2,1H3. The quantitative estimate of drug-likeness (QED) is 0.809. The van der Waals surface area contributed by atoms with E-state index in [1.165, 1.54) is 0 Å². The molecule has 84 valence electrons. The molecule has 0 spiro atoms. The molecule has 0 aromatic heterocycles. The maximum atomic E-state index is 13.5. The SMILES string of the molecule is CCCCC(F)(F)c1cc(O)cc(O)c1. The first-order chi connectivity index (χ1) is 6.95. The van der Waals surface area contributed by atoms with Crippen molar-refractivity contribution >= 4 is 0 Å². The smallest absolute Gasteiger partial charge is 0.273 e. The lowest BCUT2D eigenvalue weighted by Crippen LogP contribution is -2.12. The first kappa shape index (κ1) is 11.8. The van der Waals surface area contributed by atoms with E-state index in [2.05, 4.69) is 0 Å². The normalized spacial score (nSPS) is 11.7. The number of alkyl halides is 2. The lowest BCUT2D eigenvalue weighted by Gasteiger charge is -2.16. The Morgan fingerprint density at radius 3 is 2.13 bits per heavy atom. The van der Waals surface area contributed by atoms with Gasteiger partial charge in [0.15, 0.2) is 0 Å². The molecule has 0 unspecified atom stereocenters. The van der Waals surface area contributed by atoms with Crippen LogP contribution in [0.15, 0.2) is 18.2 Å². The highest BCUT2D eigenvalue weighted by atomic mass is 19.3. The van der Waals surface area contributed by atoms with E-state index in [1.54, 1.807) is 0 Å². The minimum absolute atomic E-state index is 0.271. The summed E-state index contributed by atoms with van der Waals surface area (Å²) in [5.41, 5.74) is -0.339. The van der Waals surface area contributed by atoms with Gasteiger partial charge in [0.2, 0.25) is 0 Å². The summed E-state index contributed by atoms with van der Waals surface area (Å²) in [5.74, 6) is -3.69. The Hall–Kier alpha value is -1.32.